The molecular formula is C27H29N8O5S+. The van der Waals surface area contributed by atoms with Crippen LogP contribution in [0.15, 0.2) is 77.0 Å². The lowest BCUT2D eigenvalue weighted by molar-refractivity contribution is 0.0992. The Labute approximate surface area is 238 Å². The number of hydrogen-bond donors (Lipinski definition) is 2. The van der Waals surface area contributed by atoms with Gasteiger partial charge in [0.25, 0.3) is 0 Å². The van der Waals surface area contributed by atoms with Crippen molar-refractivity contribution < 1.29 is 22.7 Å². The van der Waals surface area contributed by atoms with Crippen LogP contribution in [0.25, 0.3) is 11.0 Å². The molecule has 0 unspecified atom stereocenters. The van der Waals surface area contributed by atoms with E-state index in [0.717, 1.165) is 4.31 Å². The monoisotopic (exact) mass is 577 g/mol. The van der Waals surface area contributed by atoms with Crippen LogP contribution < -0.4 is 24.0 Å². The van der Waals surface area contributed by atoms with Crippen LogP contribution in [0.5, 0.6) is 11.5 Å². The topological polar surface area (TPSA) is 153 Å². The Bertz CT molecular complexity index is 1670. The predicted molar refractivity (Wildman–Crippen MR) is 156 cm³/mol. The Hall–Kier alpha value is -4.91. The molecule has 0 spiro atoms. The van der Waals surface area contributed by atoms with Gasteiger partial charge in [0.2, 0.25) is 20.9 Å². The van der Waals surface area contributed by atoms with E-state index >= 15 is 0 Å². The van der Waals surface area contributed by atoms with Crippen LogP contribution in [-0.2, 0) is 10.9 Å². The highest BCUT2D eigenvalue weighted by atomic mass is 32.2. The number of methoxy groups -OCH3 is 2. The van der Waals surface area contributed by atoms with Gasteiger partial charge in [-0.3, -0.25) is 4.79 Å². The largest absolute Gasteiger partial charge is 0.497 e. The Morgan fingerprint density at radius 3 is 2.27 bits per heavy atom. The van der Waals surface area contributed by atoms with Crippen molar-refractivity contribution in [3.05, 3.63) is 72.3 Å². The Kier molecular flexibility index (Phi) is 9.53. The molecule has 4 rings (SSSR count). The summed E-state index contributed by atoms with van der Waals surface area (Å²) in [6.07, 6.45) is 0. The zero-order valence-electron chi connectivity index (χ0n) is 22.9. The molecule has 0 saturated carbocycles. The summed E-state index contributed by atoms with van der Waals surface area (Å²) in [5, 5.41) is 10.6. The average molecular weight is 578 g/mol. The van der Waals surface area contributed by atoms with Crippen LogP contribution in [0.2, 0.25) is 0 Å². The molecular weight excluding hydrogens is 548 g/mol. The molecule has 0 bridgehead atoms. The van der Waals surface area contributed by atoms with E-state index in [2.05, 4.69) is 30.4 Å². The van der Waals surface area contributed by atoms with Crippen LogP contribution in [0.4, 0.5) is 23.0 Å². The van der Waals surface area contributed by atoms with Gasteiger partial charge in [0.15, 0.2) is 11.6 Å². The van der Waals surface area contributed by atoms with Gasteiger partial charge in [-0.15, -0.1) is 0 Å². The highest BCUT2D eigenvalue weighted by Crippen LogP contribution is 2.35. The Balaban J connectivity index is 1.77. The SMILES string of the molecule is COc1cc(Nc2nc3ccccc3nc2N(c2cccc(C(=O)N=[N+]=NCCN(C)C)c2)[SH](=O)=O)cc(OC)c1. The van der Waals surface area contributed by atoms with Crippen LogP contribution in [0.1, 0.15) is 10.4 Å². The lowest BCUT2D eigenvalue weighted by Gasteiger charge is -2.21. The van der Waals surface area contributed by atoms with E-state index in [4.69, 9.17) is 9.47 Å². The molecule has 1 N–H and O–H groups in total. The predicted octanol–water partition coefficient (Wildman–Crippen LogP) is 3.73. The molecule has 4 aromatic rings. The number of anilines is 4. The first kappa shape index (κ1) is 29.1. The molecule has 1 amide bonds. The number of likely N-dealkylation sites (N-methyl/N-ethyl adjacent to an activating group) is 1. The van der Waals surface area contributed by atoms with Crippen molar-refractivity contribution in [2.75, 3.05) is 51.0 Å². The van der Waals surface area contributed by atoms with Crippen molar-refractivity contribution in [2.24, 2.45) is 10.2 Å². The van der Waals surface area contributed by atoms with Gasteiger partial charge in [-0.05, 0) is 44.4 Å². The molecule has 1 aromatic heterocycles. The van der Waals surface area contributed by atoms with E-state index in [1.807, 2.05) is 19.0 Å². The van der Waals surface area contributed by atoms with Gasteiger partial charge < -0.3 is 19.7 Å². The number of rotatable bonds is 11. The van der Waals surface area contributed by atoms with Gasteiger partial charge in [-0.2, -0.15) is 0 Å². The van der Waals surface area contributed by atoms with Gasteiger partial charge in [0.1, 0.15) is 23.2 Å². The summed E-state index contributed by atoms with van der Waals surface area (Å²) in [6, 6.07) is 18.2. The summed E-state index contributed by atoms with van der Waals surface area (Å²) in [7, 11) is 3.55. The number of nitrogens with zero attached hydrogens (tertiary/aromatic N) is 7. The Morgan fingerprint density at radius 1 is 0.951 bits per heavy atom. The lowest BCUT2D eigenvalue weighted by Crippen LogP contribution is -2.19. The maximum absolute atomic E-state index is 12.7. The standard InChI is InChI=1S/C27H28N8O5S/c1-34(2)13-12-28-33-32-27(36)18-8-7-9-20(14-18)35(41(37)38)26-25(30-23-10-5-6-11-24(23)31-26)29-19-15-21(39-3)17-22(16-19)40-4/h5-11,14-17,41H,12-13H2,1-4H3/p+1. The summed E-state index contributed by atoms with van der Waals surface area (Å²) < 4.78 is 37.1. The molecule has 0 saturated heterocycles. The third-order valence-corrected chi connectivity index (χ3v) is 6.46. The van der Waals surface area contributed by atoms with E-state index in [1.54, 1.807) is 48.5 Å². The minimum absolute atomic E-state index is 0.00786. The summed E-state index contributed by atoms with van der Waals surface area (Å²) >= 11 is 0. The quantitative estimate of drug-likeness (QED) is 0.154. The third kappa shape index (κ3) is 7.39. The summed E-state index contributed by atoms with van der Waals surface area (Å²) in [5.74, 6) is 0.499. The van der Waals surface area contributed by atoms with Crippen molar-refractivity contribution in [2.45, 2.75) is 0 Å². The van der Waals surface area contributed by atoms with E-state index in [9.17, 15) is 13.2 Å². The van der Waals surface area contributed by atoms with Crippen molar-refractivity contribution in [1.82, 2.24) is 19.8 Å². The first-order chi connectivity index (χ1) is 19.8. The maximum Gasteiger partial charge on any atom is 0.360 e. The molecule has 41 heavy (non-hydrogen) atoms. The number of aromatic nitrogens is 2. The first-order valence-electron chi connectivity index (χ1n) is 12.4. The number of carbonyl (C=O) groups excluding carboxylic acids is 1. The summed E-state index contributed by atoms with van der Waals surface area (Å²) in [6.45, 7) is 1.03. The van der Waals surface area contributed by atoms with E-state index in [-0.39, 0.29) is 22.9 Å². The molecule has 13 nitrogen and oxygen atoms in total. The number of para-hydroxylation sites is 2. The lowest BCUT2D eigenvalue weighted by atomic mass is 10.2. The second kappa shape index (κ2) is 13.4. The molecule has 1 heterocycles. The van der Waals surface area contributed by atoms with E-state index < -0.39 is 16.8 Å². The minimum atomic E-state index is -3.28. The van der Waals surface area contributed by atoms with Crippen molar-refractivity contribution in [3.63, 3.8) is 0 Å². The number of benzene rings is 3. The zero-order chi connectivity index (χ0) is 29.4. The molecule has 0 fully saturated rings. The summed E-state index contributed by atoms with van der Waals surface area (Å²) in [4.78, 5) is 27.5. The van der Waals surface area contributed by atoms with Crippen molar-refractivity contribution >= 4 is 50.8 Å². The van der Waals surface area contributed by atoms with Gasteiger partial charge >= 0.3 is 5.91 Å². The van der Waals surface area contributed by atoms with Crippen LogP contribution in [-0.4, -0.2) is 70.6 Å². The molecule has 0 aliphatic carbocycles. The minimum Gasteiger partial charge on any atom is -0.497 e. The molecule has 212 valence electrons. The van der Waals surface area contributed by atoms with Crippen molar-refractivity contribution in [3.8, 4) is 11.5 Å². The number of carbonyl (C=O) groups is 1. The van der Waals surface area contributed by atoms with Gasteiger partial charge in [-0.25, -0.2) is 22.7 Å². The zero-order valence-corrected chi connectivity index (χ0v) is 23.8. The van der Waals surface area contributed by atoms with Gasteiger partial charge in [0.05, 0.1) is 36.5 Å². The van der Waals surface area contributed by atoms with Crippen molar-refractivity contribution in [1.29, 1.82) is 0 Å². The number of nitrogens with one attached hydrogen (secondary N) is 1. The van der Waals surface area contributed by atoms with E-state index in [0.29, 0.717) is 41.3 Å². The smallest absolute Gasteiger partial charge is 0.360 e. The number of amides is 1. The highest BCUT2D eigenvalue weighted by molar-refractivity contribution is 7.74. The molecule has 0 radical (unpaired) electrons. The molecule has 14 heteroatoms. The van der Waals surface area contributed by atoms with Gasteiger partial charge in [-0.1, -0.05) is 18.2 Å². The molecule has 0 atom stereocenters. The normalized spacial score (nSPS) is 10.8. The molecule has 3 aromatic carbocycles. The molecule has 0 aliphatic rings. The molecule has 0 aliphatic heterocycles. The average Bonchev–Trinajstić information content (AvgIpc) is 2.96. The Morgan fingerprint density at radius 2 is 1.63 bits per heavy atom. The van der Waals surface area contributed by atoms with Gasteiger partial charge in [0, 0.05) is 30.4 Å². The van der Waals surface area contributed by atoms with Crippen LogP contribution >= 0.6 is 0 Å². The fourth-order valence-electron chi connectivity index (χ4n) is 3.72. The maximum atomic E-state index is 12.7. The number of ether oxygens (including phenoxy) is 2. The van der Waals surface area contributed by atoms with Crippen LogP contribution in [0.3, 0.4) is 0 Å². The highest BCUT2D eigenvalue weighted by Gasteiger charge is 2.22. The number of thiol groups is 1. The third-order valence-electron chi connectivity index (χ3n) is 5.71. The number of fused-ring (bicyclic) bond motifs is 1. The summed E-state index contributed by atoms with van der Waals surface area (Å²) in [5.41, 5.74) is 1.81. The second-order valence-electron chi connectivity index (χ2n) is 8.87. The fraction of sp³-hybridized carbons (Fsp3) is 0.222. The second-order valence-corrected chi connectivity index (χ2v) is 9.75. The number of hydrogen-bond acceptors (Lipinski definition) is 10. The first-order valence-corrected chi connectivity index (χ1v) is 13.5. The fourth-order valence-corrected chi connectivity index (χ4v) is 4.33. The van der Waals surface area contributed by atoms with Crippen LogP contribution in [0, 0.1) is 0 Å². The van der Waals surface area contributed by atoms with E-state index in [1.165, 1.54) is 32.4 Å².